The summed E-state index contributed by atoms with van der Waals surface area (Å²) in [7, 11) is 0. The number of nitrogens with one attached hydrogen (secondary N) is 1. The number of aromatic nitrogens is 5. The fourth-order valence-corrected chi connectivity index (χ4v) is 4.31. The molecule has 0 aliphatic rings. The van der Waals surface area contributed by atoms with Crippen molar-refractivity contribution in [2.75, 3.05) is 0 Å². The van der Waals surface area contributed by atoms with Crippen LogP contribution in [0.15, 0.2) is 71.5 Å². The highest BCUT2D eigenvalue weighted by Gasteiger charge is 2.13. The molecule has 0 spiro atoms. The van der Waals surface area contributed by atoms with Gasteiger partial charge in [0.1, 0.15) is 5.15 Å². The van der Waals surface area contributed by atoms with Crippen LogP contribution in [0, 0.1) is 13.8 Å². The second-order valence-electron chi connectivity index (χ2n) is 7.84. The van der Waals surface area contributed by atoms with Gasteiger partial charge in [0.05, 0.1) is 11.9 Å². The zero-order valence-corrected chi connectivity index (χ0v) is 18.4. The van der Waals surface area contributed by atoms with Crippen LogP contribution in [0.5, 0.6) is 0 Å². The quantitative estimate of drug-likeness (QED) is 0.390. The largest absolute Gasteiger partial charge is 0.294 e. The summed E-state index contributed by atoms with van der Waals surface area (Å²) in [5.41, 5.74) is 5.89. The number of fused-ring (bicyclic) bond motifs is 1. The number of halogens is 1. The van der Waals surface area contributed by atoms with Crippen molar-refractivity contribution in [3.05, 3.63) is 98.9 Å². The van der Waals surface area contributed by atoms with Gasteiger partial charge in [-0.1, -0.05) is 72.3 Å². The Balaban J connectivity index is 1.52. The number of benzene rings is 3. The number of H-pyrrole nitrogens is 1. The van der Waals surface area contributed by atoms with E-state index in [1.165, 1.54) is 0 Å². The highest BCUT2D eigenvalue weighted by Crippen LogP contribution is 2.30. The summed E-state index contributed by atoms with van der Waals surface area (Å²) in [5.74, 6) is 0.616. The minimum absolute atomic E-state index is 0.0686. The first-order valence-electron chi connectivity index (χ1n) is 10.2. The van der Waals surface area contributed by atoms with E-state index in [9.17, 15) is 4.79 Å². The molecule has 7 heteroatoms. The topological polar surface area (TPSA) is 76.5 Å². The van der Waals surface area contributed by atoms with Gasteiger partial charge in [-0.05, 0) is 63.5 Å². The van der Waals surface area contributed by atoms with Crippen molar-refractivity contribution < 1.29 is 0 Å². The highest BCUT2D eigenvalue weighted by molar-refractivity contribution is 6.30. The average Bonchev–Trinajstić information content (AvgIpc) is 3.34. The van der Waals surface area contributed by atoms with Gasteiger partial charge in [-0.3, -0.25) is 9.36 Å². The molecule has 0 unspecified atom stereocenters. The molecule has 5 rings (SSSR count). The standard InChI is InChI=1S/C25H20ClN5O/c1-15-7-8-16(2)23-21(15)13-22(26)31(25(23)32)14-17-9-11-18(12-10-17)19-5-3-4-6-20(19)24-27-29-30-28-24/h3-13H,14H2,1-2H3,(H,27,28,29,30). The van der Waals surface area contributed by atoms with E-state index in [1.54, 1.807) is 4.57 Å². The molecule has 0 aliphatic carbocycles. The molecule has 2 heterocycles. The van der Waals surface area contributed by atoms with Crippen LogP contribution in [0.3, 0.4) is 0 Å². The van der Waals surface area contributed by atoms with E-state index in [0.29, 0.717) is 17.5 Å². The maximum Gasteiger partial charge on any atom is 0.260 e. The lowest BCUT2D eigenvalue weighted by molar-refractivity contribution is 0.768. The minimum Gasteiger partial charge on any atom is -0.294 e. The summed E-state index contributed by atoms with van der Waals surface area (Å²) in [6.07, 6.45) is 0. The fourth-order valence-electron chi connectivity index (χ4n) is 4.07. The molecular weight excluding hydrogens is 422 g/mol. The Kier molecular flexibility index (Phi) is 5.07. The number of hydrogen-bond donors (Lipinski definition) is 1. The summed E-state index contributed by atoms with van der Waals surface area (Å²) in [6.45, 7) is 4.35. The maximum atomic E-state index is 13.2. The van der Waals surface area contributed by atoms with Crippen molar-refractivity contribution in [3.63, 3.8) is 0 Å². The number of hydrogen-bond acceptors (Lipinski definition) is 4. The predicted octanol–water partition coefficient (Wildman–Crippen LogP) is 5.17. The number of tetrazole rings is 1. The van der Waals surface area contributed by atoms with Crippen molar-refractivity contribution in [2.24, 2.45) is 0 Å². The van der Waals surface area contributed by atoms with Crippen molar-refractivity contribution in [2.45, 2.75) is 20.4 Å². The van der Waals surface area contributed by atoms with E-state index < -0.39 is 0 Å². The van der Waals surface area contributed by atoms with Gasteiger partial charge in [0, 0.05) is 5.56 Å². The highest BCUT2D eigenvalue weighted by atomic mass is 35.5. The Bertz CT molecular complexity index is 1490. The van der Waals surface area contributed by atoms with Gasteiger partial charge in [0.15, 0.2) is 5.82 Å². The maximum absolute atomic E-state index is 13.2. The molecule has 5 aromatic rings. The Labute approximate surface area is 189 Å². The average molecular weight is 442 g/mol. The van der Waals surface area contributed by atoms with E-state index in [0.717, 1.165) is 44.2 Å². The monoisotopic (exact) mass is 441 g/mol. The Morgan fingerprint density at radius 1 is 0.938 bits per heavy atom. The van der Waals surface area contributed by atoms with E-state index in [2.05, 4.69) is 20.6 Å². The molecule has 0 bridgehead atoms. The predicted molar refractivity (Wildman–Crippen MR) is 127 cm³/mol. The van der Waals surface area contributed by atoms with Crippen LogP contribution < -0.4 is 5.56 Å². The molecule has 6 nitrogen and oxygen atoms in total. The van der Waals surface area contributed by atoms with Crippen LogP contribution in [0.25, 0.3) is 33.3 Å². The number of aryl methyl sites for hydroxylation is 2. The van der Waals surface area contributed by atoms with E-state index in [-0.39, 0.29) is 5.56 Å². The summed E-state index contributed by atoms with van der Waals surface area (Å²) in [5, 5.41) is 16.3. The molecule has 32 heavy (non-hydrogen) atoms. The molecule has 0 atom stereocenters. The lowest BCUT2D eigenvalue weighted by atomic mass is 9.98. The van der Waals surface area contributed by atoms with Crippen molar-refractivity contribution in [1.29, 1.82) is 0 Å². The number of nitrogens with zero attached hydrogens (tertiary/aromatic N) is 4. The second-order valence-corrected chi connectivity index (χ2v) is 8.23. The molecule has 158 valence electrons. The van der Waals surface area contributed by atoms with Gasteiger partial charge in [0.2, 0.25) is 0 Å². The third-order valence-electron chi connectivity index (χ3n) is 5.79. The van der Waals surface area contributed by atoms with Gasteiger partial charge in [0.25, 0.3) is 5.56 Å². The molecule has 1 N–H and O–H groups in total. The Morgan fingerprint density at radius 2 is 1.66 bits per heavy atom. The lowest BCUT2D eigenvalue weighted by Gasteiger charge is -2.14. The van der Waals surface area contributed by atoms with Crippen LogP contribution in [-0.4, -0.2) is 25.2 Å². The zero-order chi connectivity index (χ0) is 22.2. The molecule has 3 aromatic carbocycles. The van der Waals surface area contributed by atoms with Gasteiger partial charge >= 0.3 is 0 Å². The Morgan fingerprint density at radius 3 is 2.38 bits per heavy atom. The van der Waals surface area contributed by atoms with Gasteiger partial charge in [-0.15, -0.1) is 5.10 Å². The van der Waals surface area contributed by atoms with Gasteiger partial charge < -0.3 is 0 Å². The summed E-state index contributed by atoms with van der Waals surface area (Å²) >= 11 is 6.53. The lowest BCUT2D eigenvalue weighted by Crippen LogP contribution is -2.22. The zero-order valence-electron chi connectivity index (χ0n) is 17.6. The normalized spacial score (nSPS) is 11.2. The number of rotatable bonds is 4. The smallest absolute Gasteiger partial charge is 0.260 e. The first kappa shape index (κ1) is 20.2. The molecule has 0 aliphatic heterocycles. The van der Waals surface area contributed by atoms with Gasteiger partial charge in [-0.2, -0.15) is 0 Å². The first-order valence-corrected chi connectivity index (χ1v) is 10.6. The van der Waals surface area contributed by atoms with Crippen LogP contribution in [-0.2, 0) is 6.54 Å². The van der Waals surface area contributed by atoms with Gasteiger partial charge in [-0.25, -0.2) is 5.10 Å². The molecule has 0 saturated carbocycles. The molecule has 2 aromatic heterocycles. The SMILES string of the molecule is Cc1ccc(C)c2c(=O)n(Cc3ccc(-c4ccccc4-c4nnn[nH]4)cc3)c(Cl)cc12. The third-order valence-corrected chi connectivity index (χ3v) is 6.10. The minimum atomic E-state index is -0.0686. The molecular formula is C25H20ClN5O. The van der Waals surface area contributed by atoms with E-state index in [4.69, 9.17) is 11.6 Å². The van der Waals surface area contributed by atoms with Crippen molar-refractivity contribution >= 4 is 22.4 Å². The molecule has 0 fully saturated rings. The fraction of sp³-hybridized carbons (Fsp3) is 0.120. The summed E-state index contributed by atoms with van der Waals surface area (Å²) < 4.78 is 1.62. The summed E-state index contributed by atoms with van der Waals surface area (Å²) in [4.78, 5) is 13.2. The third kappa shape index (κ3) is 3.48. The molecule has 0 radical (unpaired) electrons. The molecule has 0 saturated heterocycles. The van der Waals surface area contributed by atoms with Crippen molar-refractivity contribution in [3.8, 4) is 22.5 Å². The first-order chi connectivity index (χ1) is 15.5. The second kappa shape index (κ2) is 8.05. The van der Waals surface area contributed by atoms with Crippen LogP contribution in [0.1, 0.15) is 16.7 Å². The van der Waals surface area contributed by atoms with E-state index >= 15 is 0 Å². The van der Waals surface area contributed by atoms with E-state index in [1.807, 2.05) is 80.6 Å². The van der Waals surface area contributed by atoms with Crippen LogP contribution >= 0.6 is 11.6 Å². The van der Waals surface area contributed by atoms with Crippen LogP contribution in [0.4, 0.5) is 0 Å². The Hall–Kier alpha value is -3.77. The number of aromatic amines is 1. The summed E-state index contributed by atoms with van der Waals surface area (Å²) in [6, 6.07) is 21.9. The van der Waals surface area contributed by atoms with Crippen molar-refractivity contribution in [1.82, 2.24) is 25.2 Å². The number of pyridine rings is 1. The van der Waals surface area contributed by atoms with Crippen LogP contribution in [0.2, 0.25) is 5.15 Å². The molecule has 0 amide bonds.